The largest absolute Gasteiger partial charge is 0.369 e. The van der Waals surface area contributed by atoms with Crippen LogP contribution in [-0.2, 0) is 6.42 Å². The van der Waals surface area contributed by atoms with Crippen molar-refractivity contribution in [2.24, 2.45) is 0 Å². The lowest BCUT2D eigenvalue weighted by molar-refractivity contribution is 0.0964. The maximum atomic E-state index is 12.5. The zero-order valence-electron chi connectivity index (χ0n) is 12.5. The number of carbonyl (C=O) groups excluding carboxylic acids is 1. The second-order valence-electron chi connectivity index (χ2n) is 5.88. The summed E-state index contributed by atoms with van der Waals surface area (Å²) in [6.45, 7) is 0. The van der Waals surface area contributed by atoms with E-state index in [0.717, 1.165) is 5.56 Å². The number of aromatic amines is 1. The van der Waals surface area contributed by atoms with E-state index in [1.54, 1.807) is 6.07 Å². The SMILES string of the molecule is Nc1nc2ncc3c(c2c(=O)[nH]1)C[C@@H](c1cccc(Cl)c1)CC3=O. The molecule has 0 saturated heterocycles. The minimum atomic E-state index is -0.374. The standard InChI is InChI=1S/C17H13ClN4O2/c18-10-3-1-2-8(4-10)9-5-11-12(13(23)6-9)7-20-15-14(11)16(24)22-17(19)21-15/h1-4,7,9H,5-6H2,(H3,19,20,21,22,24)/t9-/m1/s1. The van der Waals surface area contributed by atoms with Crippen LogP contribution in [0.2, 0.25) is 5.02 Å². The van der Waals surface area contributed by atoms with Crippen molar-refractivity contribution in [2.45, 2.75) is 18.8 Å². The summed E-state index contributed by atoms with van der Waals surface area (Å²) in [5, 5.41) is 0.958. The number of nitrogen functional groups attached to an aromatic ring is 1. The van der Waals surface area contributed by atoms with E-state index in [-0.39, 0.29) is 28.9 Å². The van der Waals surface area contributed by atoms with Crippen molar-refractivity contribution in [3.05, 3.63) is 62.5 Å². The Labute approximate surface area is 141 Å². The van der Waals surface area contributed by atoms with E-state index in [4.69, 9.17) is 17.3 Å². The molecule has 6 nitrogen and oxygen atoms in total. The minimum Gasteiger partial charge on any atom is -0.369 e. The first-order valence-corrected chi connectivity index (χ1v) is 7.87. The molecule has 1 aromatic carbocycles. The molecule has 0 unspecified atom stereocenters. The molecule has 3 aromatic rings. The molecule has 2 aromatic heterocycles. The van der Waals surface area contributed by atoms with Crippen molar-refractivity contribution in [1.82, 2.24) is 15.0 Å². The average molecular weight is 341 g/mol. The van der Waals surface area contributed by atoms with Crippen LogP contribution in [0.25, 0.3) is 11.0 Å². The second kappa shape index (κ2) is 5.42. The van der Waals surface area contributed by atoms with Crippen molar-refractivity contribution in [3.8, 4) is 0 Å². The number of pyridine rings is 1. The van der Waals surface area contributed by atoms with Crippen LogP contribution in [0.1, 0.15) is 33.8 Å². The normalized spacial score (nSPS) is 17.0. The Morgan fingerprint density at radius 2 is 2.08 bits per heavy atom. The fourth-order valence-corrected chi connectivity index (χ4v) is 3.48. The lowest BCUT2D eigenvalue weighted by atomic mass is 9.79. The van der Waals surface area contributed by atoms with Gasteiger partial charge in [-0.05, 0) is 35.6 Å². The van der Waals surface area contributed by atoms with E-state index in [2.05, 4.69) is 15.0 Å². The number of benzene rings is 1. The quantitative estimate of drug-likeness (QED) is 0.708. The summed E-state index contributed by atoms with van der Waals surface area (Å²) in [6, 6.07) is 7.45. The summed E-state index contributed by atoms with van der Waals surface area (Å²) in [5.74, 6) is -0.0634. The van der Waals surface area contributed by atoms with Gasteiger partial charge in [0.1, 0.15) is 0 Å². The lowest BCUT2D eigenvalue weighted by Gasteiger charge is -2.24. The molecule has 3 N–H and O–H groups in total. The molecular weight excluding hydrogens is 328 g/mol. The highest BCUT2D eigenvalue weighted by Gasteiger charge is 2.29. The predicted octanol–water partition coefficient (Wildman–Crippen LogP) is 2.47. The Morgan fingerprint density at radius 3 is 2.88 bits per heavy atom. The monoisotopic (exact) mass is 340 g/mol. The topological polar surface area (TPSA) is 102 Å². The van der Waals surface area contributed by atoms with Crippen LogP contribution in [0, 0.1) is 0 Å². The van der Waals surface area contributed by atoms with Crippen LogP contribution < -0.4 is 11.3 Å². The third-order valence-corrected chi connectivity index (χ3v) is 4.60. The van der Waals surface area contributed by atoms with Gasteiger partial charge in [0, 0.05) is 23.2 Å². The number of halogens is 1. The van der Waals surface area contributed by atoms with Gasteiger partial charge in [0.15, 0.2) is 11.4 Å². The molecule has 24 heavy (non-hydrogen) atoms. The molecule has 120 valence electrons. The first-order chi connectivity index (χ1) is 11.5. The van der Waals surface area contributed by atoms with E-state index in [1.165, 1.54) is 6.20 Å². The summed E-state index contributed by atoms with van der Waals surface area (Å²) >= 11 is 6.06. The van der Waals surface area contributed by atoms with Crippen molar-refractivity contribution < 1.29 is 4.79 Å². The smallest absolute Gasteiger partial charge is 0.262 e. The average Bonchev–Trinajstić information content (AvgIpc) is 2.53. The number of nitrogens with one attached hydrogen (secondary N) is 1. The first kappa shape index (κ1) is 14.8. The molecular formula is C17H13ClN4O2. The maximum Gasteiger partial charge on any atom is 0.262 e. The molecule has 7 heteroatoms. The highest BCUT2D eigenvalue weighted by Crippen LogP contribution is 2.35. The highest BCUT2D eigenvalue weighted by molar-refractivity contribution is 6.30. The number of nitrogens with two attached hydrogens (primary N) is 1. The predicted molar refractivity (Wildman–Crippen MR) is 91.4 cm³/mol. The summed E-state index contributed by atoms with van der Waals surface area (Å²) in [5.41, 5.74) is 7.60. The van der Waals surface area contributed by atoms with Crippen molar-refractivity contribution >= 4 is 34.4 Å². The molecule has 0 fully saturated rings. The number of anilines is 1. The van der Waals surface area contributed by atoms with Gasteiger partial charge in [-0.15, -0.1) is 0 Å². The molecule has 1 aliphatic carbocycles. The van der Waals surface area contributed by atoms with Gasteiger partial charge >= 0.3 is 0 Å². The number of fused-ring (bicyclic) bond motifs is 3. The van der Waals surface area contributed by atoms with E-state index in [1.807, 2.05) is 18.2 Å². The minimum absolute atomic E-state index is 0.00785. The van der Waals surface area contributed by atoms with E-state index < -0.39 is 0 Å². The lowest BCUT2D eigenvalue weighted by Crippen LogP contribution is -2.23. The van der Waals surface area contributed by atoms with Gasteiger partial charge in [0.2, 0.25) is 5.95 Å². The fourth-order valence-electron chi connectivity index (χ4n) is 3.28. The second-order valence-corrected chi connectivity index (χ2v) is 6.32. The zero-order chi connectivity index (χ0) is 16.8. The van der Waals surface area contributed by atoms with Crippen LogP contribution in [0.15, 0.2) is 35.3 Å². The number of rotatable bonds is 1. The summed E-state index contributed by atoms with van der Waals surface area (Å²) < 4.78 is 0. The third-order valence-electron chi connectivity index (χ3n) is 4.36. The molecule has 1 atom stereocenters. The first-order valence-electron chi connectivity index (χ1n) is 7.49. The molecule has 2 heterocycles. The van der Waals surface area contributed by atoms with Crippen molar-refractivity contribution in [3.63, 3.8) is 0 Å². The summed E-state index contributed by atoms with van der Waals surface area (Å²) in [4.78, 5) is 35.5. The molecule has 0 amide bonds. The van der Waals surface area contributed by atoms with Crippen molar-refractivity contribution in [2.75, 3.05) is 5.73 Å². The molecule has 0 spiro atoms. The van der Waals surface area contributed by atoms with Crippen LogP contribution in [0.4, 0.5) is 5.95 Å². The van der Waals surface area contributed by atoms with Gasteiger partial charge in [0.25, 0.3) is 5.56 Å². The molecule has 0 saturated carbocycles. The van der Waals surface area contributed by atoms with Gasteiger partial charge in [-0.1, -0.05) is 23.7 Å². The highest BCUT2D eigenvalue weighted by atomic mass is 35.5. The van der Waals surface area contributed by atoms with Gasteiger partial charge in [-0.2, -0.15) is 4.98 Å². The van der Waals surface area contributed by atoms with Gasteiger partial charge < -0.3 is 5.73 Å². The van der Waals surface area contributed by atoms with Crippen LogP contribution in [0.3, 0.4) is 0 Å². The van der Waals surface area contributed by atoms with Gasteiger partial charge in [-0.3, -0.25) is 14.6 Å². The number of aromatic nitrogens is 3. The van der Waals surface area contributed by atoms with Gasteiger partial charge in [0.05, 0.1) is 5.39 Å². The van der Waals surface area contributed by atoms with Crippen molar-refractivity contribution in [1.29, 1.82) is 0 Å². The number of hydrogen-bond acceptors (Lipinski definition) is 5. The summed E-state index contributed by atoms with van der Waals surface area (Å²) in [7, 11) is 0. The molecule has 4 rings (SSSR count). The number of Topliss-reactive ketones (excluding diaryl/α,β-unsaturated/α-hetero) is 1. The number of hydrogen-bond donors (Lipinski definition) is 2. The number of carbonyl (C=O) groups is 1. The van der Waals surface area contributed by atoms with E-state index in [0.29, 0.717) is 34.4 Å². The Bertz CT molecular complexity index is 1040. The maximum absolute atomic E-state index is 12.5. The Hall–Kier alpha value is -2.73. The fraction of sp³-hybridized carbons (Fsp3) is 0.176. The number of H-pyrrole nitrogens is 1. The number of ketones is 1. The Balaban J connectivity index is 1.91. The van der Waals surface area contributed by atoms with E-state index in [9.17, 15) is 9.59 Å². The molecule has 1 aliphatic rings. The molecule has 0 radical (unpaired) electrons. The van der Waals surface area contributed by atoms with Crippen LogP contribution in [-0.4, -0.2) is 20.7 Å². The van der Waals surface area contributed by atoms with Gasteiger partial charge in [-0.25, -0.2) is 4.98 Å². The third kappa shape index (κ3) is 2.35. The molecule has 0 bridgehead atoms. The van der Waals surface area contributed by atoms with Crippen LogP contribution in [0.5, 0.6) is 0 Å². The Morgan fingerprint density at radius 1 is 1.25 bits per heavy atom. The Kier molecular flexibility index (Phi) is 3.35. The zero-order valence-corrected chi connectivity index (χ0v) is 13.3. The summed E-state index contributed by atoms with van der Waals surface area (Å²) in [6.07, 6.45) is 2.40. The van der Waals surface area contributed by atoms with Crippen LogP contribution >= 0.6 is 11.6 Å². The van der Waals surface area contributed by atoms with E-state index >= 15 is 0 Å². The molecule has 0 aliphatic heterocycles. The number of nitrogens with zero attached hydrogens (tertiary/aromatic N) is 2.